The van der Waals surface area contributed by atoms with Gasteiger partial charge in [0, 0.05) is 18.4 Å². The van der Waals surface area contributed by atoms with Crippen LogP contribution in [0.15, 0.2) is 24.3 Å². The summed E-state index contributed by atoms with van der Waals surface area (Å²) in [6.45, 7) is -0.0423. The molecule has 19 heavy (non-hydrogen) atoms. The van der Waals surface area contributed by atoms with Crippen molar-refractivity contribution in [1.82, 2.24) is 5.32 Å². The van der Waals surface area contributed by atoms with Gasteiger partial charge in [-0.25, -0.2) is 8.42 Å². The van der Waals surface area contributed by atoms with Crippen LogP contribution in [0, 0.1) is 11.8 Å². The largest absolute Gasteiger partial charge is 0.384 e. The van der Waals surface area contributed by atoms with Gasteiger partial charge >= 0.3 is 0 Å². The molecule has 0 aromatic heterocycles. The number of carbonyl (C=O) groups excluding carboxylic acids is 1. The van der Waals surface area contributed by atoms with E-state index in [1.807, 2.05) is 0 Å². The van der Waals surface area contributed by atoms with Crippen molar-refractivity contribution in [2.45, 2.75) is 6.54 Å². The number of hydrogen-bond donors (Lipinski definition) is 2. The Labute approximate surface area is 112 Å². The predicted molar refractivity (Wildman–Crippen MR) is 72.0 cm³/mol. The molecule has 6 heteroatoms. The molecule has 0 radical (unpaired) electrons. The van der Waals surface area contributed by atoms with Crippen LogP contribution in [0.5, 0.6) is 0 Å². The van der Waals surface area contributed by atoms with E-state index >= 15 is 0 Å². The highest BCUT2D eigenvalue weighted by Gasteiger charge is 2.10. The smallest absolute Gasteiger partial charge is 0.235 e. The first-order valence-corrected chi connectivity index (χ1v) is 7.60. The molecule has 0 unspecified atom stereocenters. The number of amides is 1. The zero-order chi connectivity index (χ0) is 14.3. The number of nitrogens with one attached hydrogen (secondary N) is 1. The molecule has 0 atom stereocenters. The van der Waals surface area contributed by atoms with Gasteiger partial charge in [-0.15, -0.1) is 0 Å². The van der Waals surface area contributed by atoms with E-state index in [0.29, 0.717) is 5.56 Å². The molecule has 1 aromatic rings. The topological polar surface area (TPSA) is 83.5 Å². The zero-order valence-electron chi connectivity index (χ0n) is 10.5. The van der Waals surface area contributed by atoms with Crippen molar-refractivity contribution in [3.63, 3.8) is 0 Å². The summed E-state index contributed by atoms with van der Waals surface area (Å²) >= 11 is 0. The first kappa shape index (κ1) is 15.2. The van der Waals surface area contributed by atoms with E-state index in [9.17, 15) is 13.2 Å². The first-order valence-electron chi connectivity index (χ1n) is 5.54. The molecule has 0 aliphatic heterocycles. The molecule has 0 spiro atoms. The van der Waals surface area contributed by atoms with Crippen molar-refractivity contribution < 1.29 is 18.3 Å². The summed E-state index contributed by atoms with van der Waals surface area (Å²) in [5, 5.41) is 11.2. The van der Waals surface area contributed by atoms with Crippen molar-refractivity contribution in [2.75, 3.05) is 18.6 Å². The molecular weight excluding hydrogens is 266 g/mol. The molecular formula is C13H15NO4S. The molecule has 1 amide bonds. The fraction of sp³-hybridized carbons (Fsp3) is 0.308. The van der Waals surface area contributed by atoms with Crippen LogP contribution in [0.25, 0.3) is 0 Å². The number of aliphatic hydroxyl groups is 1. The maximum atomic E-state index is 11.4. The van der Waals surface area contributed by atoms with Gasteiger partial charge in [-0.05, 0) is 11.6 Å². The molecule has 5 nitrogen and oxygen atoms in total. The average molecular weight is 281 g/mol. The molecule has 1 aromatic carbocycles. The van der Waals surface area contributed by atoms with Crippen LogP contribution in [0.3, 0.4) is 0 Å². The summed E-state index contributed by atoms with van der Waals surface area (Å²) in [6.07, 6.45) is 1.01. The van der Waals surface area contributed by atoms with Crippen LogP contribution in [0.4, 0.5) is 0 Å². The lowest BCUT2D eigenvalue weighted by atomic mass is 10.1. The van der Waals surface area contributed by atoms with Gasteiger partial charge in [-0.2, -0.15) is 0 Å². The molecule has 0 aliphatic carbocycles. The van der Waals surface area contributed by atoms with E-state index in [0.717, 1.165) is 11.8 Å². The van der Waals surface area contributed by atoms with Crippen molar-refractivity contribution in [3.05, 3.63) is 35.4 Å². The highest BCUT2D eigenvalue weighted by Crippen LogP contribution is 2.06. The predicted octanol–water partition coefficient (Wildman–Crippen LogP) is -0.309. The normalized spacial score (nSPS) is 10.4. The summed E-state index contributed by atoms with van der Waals surface area (Å²) in [6, 6.07) is 7.13. The molecule has 2 N–H and O–H groups in total. The fourth-order valence-electron chi connectivity index (χ4n) is 1.41. The lowest BCUT2D eigenvalue weighted by Crippen LogP contribution is -2.29. The summed E-state index contributed by atoms with van der Waals surface area (Å²) < 4.78 is 21.9. The third-order valence-electron chi connectivity index (χ3n) is 2.19. The Balaban J connectivity index is 2.70. The SMILES string of the molecule is CS(=O)(=O)CC(=O)NCc1ccccc1C#CCO. The van der Waals surface area contributed by atoms with Gasteiger partial charge in [0.05, 0.1) is 0 Å². The van der Waals surface area contributed by atoms with Gasteiger partial charge < -0.3 is 10.4 Å². The molecule has 0 fully saturated rings. The minimum Gasteiger partial charge on any atom is -0.384 e. The minimum absolute atomic E-state index is 0.199. The van der Waals surface area contributed by atoms with Crippen LogP contribution in [0.1, 0.15) is 11.1 Å². The lowest BCUT2D eigenvalue weighted by molar-refractivity contribution is -0.118. The lowest BCUT2D eigenvalue weighted by Gasteiger charge is -2.06. The Morgan fingerprint density at radius 2 is 2.05 bits per heavy atom. The molecule has 0 heterocycles. The quantitative estimate of drug-likeness (QED) is 0.742. The number of sulfone groups is 1. The molecule has 0 aliphatic rings. The molecule has 0 saturated heterocycles. The van der Waals surface area contributed by atoms with Gasteiger partial charge in [-0.1, -0.05) is 30.0 Å². The summed E-state index contributed by atoms with van der Waals surface area (Å²) in [7, 11) is -3.33. The van der Waals surface area contributed by atoms with E-state index < -0.39 is 21.5 Å². The van der Waals surface area contributed by atoms with E-state index in [1.54, 1.807) is 24.3 Å². The van der Waals surface area contributed by atoms with Gasteiger partial charge in [0.15, 0.2) is 9.84 Å². The number of aliphatic hydroxyl groups excluding tert-OH is 1. The second-order valence-electron chi connectivity index (χ2n) is 3.96. The number of rotatable bonds is 4. The number of benzene rings is 1. The average Bonchev–Trinajstić information content (AvgIpc) is 2.32. The monoisotopic (exact) mass is 281 g/mol. The Morgan fingerprint density at radius 3 is 2.68 bits per heavy atom. The van der Waals surface area contributed by atoms with Crippen LogP contribution in [-0.4, -0.2) is 38.0 Å². The van der Waals surface area contributed by atoms with Crippen molar-refractivity contribution in [3.8, 4) is 11.8 Å². The van der Waals surface area contributed by atoms with E-state index in [-0.39, 0.29) is 13.2 Å². The second kappa shape index (κ2) is 6.92. The van der Waals surface area contributed by atoms with E-state index in [1.165, 1.54) is 0 Å². The number of carbonyl (C=O) groups is 1. The minimum atomic E-state index is -3.33. The van der Waals surface area contributed by atoms with Crippen LogP contribution < -0.4 is 5.32 Å². The maximum absolute atomic E-state index is 11.4. The first-order chi connectivity index (χ1) is 8.92. The van der Waals surface area contributed by atoms with Crippen LogP contribution in [-0.2, 0) is 21.2 Å². The van der Waals surface area contributed by atoms with E-state index in [2.05, 4.69) is 17.2 Å². The maximum Gasteiger partial charge on any atom is 0.235 e. The standard InChI is InChI=1S/C13H15NO4S/c1-19(17,18)10-13(16)14-9-12-6-3-2-5-11(12)7-4-8-15/h2-3,5-6,15H,8-10H2,1H3,(H,14,16). The fourth-order valence-corrected chi connectivity index (χ4v) is 1.99. The van der Waals surface area contributed by atoms with Crippen molar-refractivity contribution >= 4 is 15.7 Å². The van der Waals surface area contributed by atoms with Crippen LogP contribution >= 0.6 is 0 Å². The third kappa shape index (κ3) is 6.04. The Bertz CT molecular complexity index is 611. The molecule has 1 rings (SSSR count). The summed E-state index contributed by atoms with van der Waals surface area (Å²) in [5.74, 6) is 4.21. The van der Waals surface area contributed by atoms with Gasteiger partial charge in [0.2, 0.25) is 5.91 Å². The van der Waals surface area contributed by atoms with E-state index in [4.69, 9.17) is 5.11 Å². The summed E-state index contributed by atoms with van der Waals surface area (Å²) in [5.41, 5.74) is 1.46. The van der Waals surface area contributed by atoms with Gasteiger partial charge in [0.1, 0.15) is 12.4 Å². The second-order valence-corrected chi connectivity index (χ2v) is 6.10. The zero-order valence-corrected chi connectivity index (χ0v) is 11.3. The molecule has 0 bridgehead atoms. The van der Waals surface area contributed by atoms with Crippen LogP contribution in [0.2, 0.25) is 0 Å². The number of hydrogen-bond acceptors (Lipinski definition) is 4. The van der Waals surface area contributed by atoms with Gasteiger partial charge in [0.25, 0.3) is 0 Å². The highest BCUT2D eigenvalue weighted by molar-refractivity contribution is 7.91. The Hall–Kier alpha value is -1.84. The van der Waals surface area contributed by atoms with Crippen molar-refractivity contribution in [2.24, 2.45) is 0 Å². The third-order valence-corrected chi connectivity index (χ3v) is 2.98. The Kier molecular flexibility index (Phi) is 5.55. The highest BCUT2D eigenvalue weighted by atomic mass is 32.2. The van der Waals surface area contributed by atoms with Crippen molar-refractivity contribution in [1.29, 1.82) is 0 Å². The molecule has 0 saturated carbocycles. The Morgan fingerprint density at radius 1 is 1.37 bits per heavy atom. The molecule has 102 valence electrons. The summed E-state index contributed by atoms with van der Waals surface area (Å²) in [4.78, 5) is 11.4. The van der Waals surface area contributed by atoms with Gasteiger partial charge in [-0.3, -0.25) is 4.79 Å².